The summed E-state index contributed by atoms with van der Waals surface area (Å²) in [6, 6.07) is -1.94. The molecule has 6 amide bonds. The average molecular weight is 239 g/mol. The number of carbonyl (C=O) groups excluding carboxylic acids is 5. The molecule has 0 aromatic heterocycles. The standard InChI is InChI=1S/C9H9N3O5/c13-5-2-1-4(8(16)10-5)12-7(15)3-6(14)11-9(12)17/h4H,1-3H2,(H,10,13,16)(H,11,14,17). The van der Waals surface area contributed by atoms with E-state index in [1.807, 2.05) is 10.6 Å². The predicted octanol–water partition coefficient (Wildman–Crippen LogP) is -1.74. The third-order valence-corrected chi connectivity index (χ3v) is 2.57. The molecule has 0 bridgehead atoms. The number of hydrogen-bond acceptors (Lipinski definition) is 5. The van der Waals surface area contributed by atoms with Crippen LogP contribution in [-0.4, -0.2) is 40.6 Å². The Kier molecular flexibility index (Phi) is 2.62. The van der Waals surface area contributed by atoms with E-state index in [-0.39, 0.29) is 12.8 Å². The summed E-state index contributed by atoms with van der Waals surface area (Å²) in [4.78, 5) is 57.0. The molecule has 0 aromatic rings. The minimum absolute atomic E-state index is 0.0570. The molecule has 0 aliphatic carbocycles. The summed E-state index contributed by atoms with van der Waals surface area (Å²) in [6.45, 7) is 0. The first kappa shape index (κ1) is 11.2. The average Bonchev–Trinajstić information content (AvgIpc) is 2.19. The lowest BCUT2D eigenvalue weighted by Gasteiger charge is -2.33. The van der Waals surface area contributed by atoms with E-state index in [2.05, 4.69) is 0 Å². The highest BCUT2D eigenvalue weighted by atomic mass is 16.2. The second kappa shape index (κ2) is 3.96. The fourth-order valence-corrected chi connectivity index (χ4v) is 1.80. The van der Waals surface area contributed by atoms with Crippen molar-refractivity contribution in [3.05, 3.63) is 0 Å². The van der Waals surface area contributed by atoms with Gasteiger partial charge < -0.3 is 0 Å². The van der Waals surface area contributed by atoms with Crippen molar-refractivity contribution in [1.29, 1.82) is 0 Å². The Balaban J connectivity index is 2.19. The Morgan fingerprint density at radius 2 is 1.71 bits per heavy atom. The van der Waals surface area contributed by atoms with E-state index in [0.29, 0.717) is 4.90 Å². The van der Waals surface area contributed by atoms with Crippen molar-refractivity contribution in [2.75, 3.05) is 0 Å². The summed E-state index contributed by atoms with van der Waals surface area (Å²) >= 11 is 0. The van der Waals surface area contributed by atoms with E-state index >= 15 is 0 Å². The highest BCUT2D eigenvalue weighted by molar-refractivity contribution is 6.16. The van der Waals surface area contributed by atoms with Gasteiger partial charge in [0.15, 0.2) is 0 Å². The van der Waals surface area contributed by atoms with Gasteiger partial charge in [0.25, 0.3) is 0 Å². The molecular formula is C9H9N3O5. The predicted molar refractivity (Wildman–Crippen MR) is 51.2 cm³/mol. The van der Waals surface area contributed by atoms with E-state index in [1.165, 1.54) is 0 Å². The molecule has 0 aromatic carbocycles. The first-order chi connectivity index (χ1) is 7.99. The molecule has 8 heteroatoms. The van der Waals surface area contributed by atoms with Crippen LogP contribution < -0.4 is 10.6 Å². The van der Waals surface area contributed by atoms with Crippen LogP contribution in [0.15, 0.2) is 0 Å². The number of hydrogen-bond donors (Lipinski definition) is 2. The van der Waals surface area contributed by atoms with E-state index in [1.54, 1.807) is 0 Å². The van der Waals surface area contributed by atoms with Gasteiger partial charge in [0.05, 0.1) is 0 Å². The van der Waals surface area contributed by atoms with Gasteiger partial charge in [0.1, 0.15) is 12.5 Å². The fraction of sp³-hybridized carbons (Fsp3) is 0.444. The van der Waals surface area contributed by atoms with E-state index in [9.17, 15) is 24.0 Å². The summed E-state index contributed by atoms with van der Waals surface area (Å²) in [7, 11) is 0. The first-order valence-corrected chi connectivity index (χ1v) is 4.98. The van der Waals surface area contributed by atoms with Gasteiger partial charge in [-0.2, -0.15) is 0 Å². The normalized spacial score (nSPS) is 25.8. The molecule has 2 heterocycles. The molecule has 17 heavy (non-hydrogen) atoms. The molecule has 90 valence electrons. The highest BCUT2D eigenvalue weighted by Crippen LogP contribution is 2.16. The molecule has 1 atom stereocenters. The van der Waals surface area contributed by atoms with Crippen LogP contribution in [0.3, 0.4) is 0 Å². The third kappa shape index (κ3) is 2.01. The van der Waals surface area contributed by atoms with Gasteiger partial charge in [0, 0.05) is 6.42 Å². The van der Waals surface area contributed by atoms with Gasteiger partial charge in [-0.05, 0) is 6.42 Å². The van der Waals surface area contributed by atoms with E-state index < -0.39 is 42.1 Å². The van der Waals surface area contributed by atoms with Crippen LogP contribution in [-0.2, 0) is 19.2 Å². The third-order valence-electron chi connectivity index (χ3n) is 2.57. The molecule has 2 fully saturated rings. The number of nitrogens with zero attached hydrogens (tertiary/aromatic N) is 1. The van der Waals surface area contributed by atoms with Gasteiger partial charge in [0.2, 0.25) is 23.6 Å². The summed E-state index contributed by atoms with van der Waals surface area (Å²) in [6.07, 6.45) is -0.330. The summed E-state index contributed by atoms with van der Waals surface area (Å²) in [5, 5.41) is 3.99. The van der Waals surface area contributed by atoms with Crippen LogP contribution in [0.4, 0.5) is 4.79 Å². The minimum atomic E-state index is -1.02. The van der Waals surface area contributed by atoms with Crippen molar-refractivity contribution in [2.24, 2.45) is 0 Å². The number of imide groups is 3. The van der Waals surface area contributed by atoms with Crippen molar-refractivity contribution in [3.63, 3.8) is 0 Å². The Morgan fingerprint density at radius 3 is 2.29 bits per heavy atom. The van der Waals surface area contributed by atoms with Crippen LogP contribution in [0.1, 0.15) is 19.3 Å². The van der Waals surface area contributed by atoms with Gasteiger partial charge in [-0.1, -0.05) is 0 Å². The number of rotatable bonds is 1. The van der Waals surface area contributed by atoms with Gasteiger partial charge in [-0.15, -0.1) is 0 Å². The maximum Gasteiger partial charge on any atom is 0.331 e. The molecule has 2 aliphatic heterocycles. The molecular weight excluding hydrogens is 230 g/mol. The molecule has 8 nitrogen and oxygen atoms in total. The summed E-state index contributed by atoms with van der Waals surface area (Å²) in [5.74, 6) is -2.55. The minimum Gasteiger partial charge on any atom is -0.295 e. The van der Waals surface area contributed by atoms with Crippen molar-refractivity contribution >= 4 is 29.7 Å². The zero-order chi connectivity index (χ0) is 12.6. The number of urea groups is 1. The lowest BCUT2D eigenvalue weighted by Crippen LogP contribution is -2.62. The van der Waals surface area contributed by atoms with Crippen molar-refractivity contribution in [3.8, 4) is 0 Å². The Bertz CT molecular complexity index is 424. The second-order valence-electron chi connectivity index (χ2n) is 3.76. The van der Waals surface area contributed by atoms with Crippen LogP contribution in [0.25, 0.3) is 0 Å². The lowest BCUT2D eigenvalue weighted by molar-refractivity contribution is -0.146. The van der Waals surface area contributed by atoms with Crippen molar-refractivity contribution in [2.45, 2.75) is 25.3 Å². The molecule has 1 unspecified atom stereocenters. The smallest absolute Gasteiger partial charge is 0.295 e. The van der Waals surface area contributed by atoms with Crippen LogP contribution >= 0.6 is 0 Å². The van der Waals surface area contributed by atoms with Crippen LogP contribution in [0.2, 0.25) is 0 Å². The van der Waals surface area contributed by atoms with E-state index in [4.69, 9.17) is 0 Å². The van der Waals surface area contributed by atoms with Crippen molar-refractivity contribution < 1.29 is 24.0 Å². The number of piperidine rings is 1. The zero-order valence-electron chi connectivity index (χ0n) is 8.69. The van der Waals surface area contributed by atoms with Gasteiger partial charge in [-0.3, -0.25) is 34.7 Å². The topological polar surface area (TPSA) is 113 Å². The number of barbiturate groups is 1. The SMILES string of the molecule is O=C1CCC(N2C(=O)CC(=O)NC2=O)C(=O)N1. The summed E-state index contributed by atoms with van der Waals surface area (Å²) < 4.78 is 0. The Hall–Kier alpha value is -2.25. The first-order valence-electron chi connectivity index (χ1n) is 4.98. The second-order valence-corrected chi connectivity index (χ2v) is 3.76. The van der Waals surface area contributed by atoms with Crippen LogP contribution in [0.5, 0.6) is 0 Å². The maximum absolute atomic E-state index is 11.5. The molecule has 2 rings (SSSR count). The Morgan fingerprint density at radius 1 is 1.00 bits per heavy atom. The molecule has 2 saturated heterocycles. The number of carbonyl (C=O) groups is 5. The zero-order valence-corrected chi connectivity index (χ0v) is 8.69. The largest absolute Gasteiger partial charge is 0.331 e. The van der Waals surface area contributed by atoms with Gasteiger partial charge in [-0.25, -0.2) is 4.79 Å². The summed E-state index contributed by atoms with van der Waals surface area (Å²) in [5.41, 5.74) is 0. The lowest BCUT2D eigenvalue weighted by atomic mass is 10.0. The molecule has 2 N–H and O–H groups in total. The van der Waals surface area contributed by atoms with Crippen molar-refractivity contribution in [1.82, 2.24) is 15.5 Å². The maximum atomic E-state index is 11.5. The van der Waals surface area contributed by atoms with Crippen LogP contribution in [0, 0.1) is 0 Å². The number of nitrogens with one attached hydrogen (secondary N) is 2. The molecule has 0 saturated carbocycles. The van der Waals surface area contributed by atoms with E-state index in [0.717, 1.165) is 0 Å². The molecule has 0 spiro atoms. The quantitative estimate of drug-likeness (QED) is 0.416. The monoisotopic (exact) mass is 239 g/mol. The molecule has 0 radical (unpaired) electrons. The molecule has 2 aliphatic rings. The fourth-order valence-electron chi connectivity index (χ4n) is 1.80. The highest BCUT2D eigenvalue weighted by Gasteiger charge is 2.41. The Labute approximate surface area is 95.3 Å². The number of amides is 6. The van der Waals surface area contributed by atoms with Gasteiger partial charge >= 0.3 is 6.03 Å².